The molecule has 0 aromatic rings. The Balaban J connectivity index is 2.34. The van der Waals surface area contributed by atoms with Crippen LogP contribution in [0.15, 0.2) is 0 Å². The summed E-state index contributed by atoms with van der Waals surface area (Å²) in [7, 11) is 4.37. The molecule has 0 saturated heterocycles. The molecule has 0 radical (unpaired) electrons. The van der Waals surface area contributed by atoms with Crippen molar-refractivity contribution in [3.8, 4) is 0 Å². The lowest BCUT2D eigenvalue weighted by Gasteiger charge is -2.35. The Bertz CT molecular complexity index is 201. The molecule has 2 heteroatoms. The van der Waals surface area contributed by atoms with Gasteiger partial charge >= 0.3 is 0 Å². The third-order valence-electron chi connectivity index (χ3n) is 4.18. The van der Waals surface area contributed by atoms with E-state index in [0.717, 1.165) is 12.5 Å². The van der Waals surface area contributed by atoms with Gasteiger partial charge in [-0.05, 0) is 38.3 Å². The lowest BCUT2D eigenvalue weighted by atomic mass is 9.85. The molecule has 1 rings (SSSR count). The zero-order valence-electron chi connectivity index (χ0n) is 12.6. The monoisotopic (exact) mass is 240 g/mol. The van der Waals surface area contributed by atoms with E-state index < -0.39 is 0 Å². The summed E-state index contributed by atoms with van der Waals surface area (Å²) in [4.78, 5) is 2.53. The standard InChI is InChI=1S/C15H32N2/c1-15(2,3)14(16-4)12-17(5)11-13-9-7-6-8-10-13/h13-14,16H,6-12H2,1-5H3. The van der Waals surface area contributed by atoms with E-state index >= 15 is 0 Å². The Kier molecular flexibility index (Phi) is 5.94. The van der Waals surface area contributed by atoms with Gasteiger partial charge < -0.3 is 10.2 Å². The van der Waals surface area contributed by atoms with Crippen LogP contribution in [0.1, 0.15) is 52.9 Å². The summed E-state index contributed by atoms with van der Waals surface area (Å²) in [5.74, 6) is 0.950. The van der Waals surface area contributed by atoms with Crippen LogP contribution in [0.4, 0.5) is 0 Å². The topological polar surface area (TPSA) is 15.3 Å². The first-order chi connectivity index (χ1) is 7.93. The molecule has 2 nitrogen and oxygen atoms in total. The average molecular weight is 240 g/mol. The molecular weight excluding hydrogens is 208 g/mol. The Morgan fingerprint density at radius 1 is 1.18 bits per heavy atom. The summed E-state index contributed by atoms with van der Waals surface area (Å²) < 4.78 is 0. The molecule has 0 aliphatic heterocycles. The molecule has 0 aromatic heterocycles. The lowest BCUT2D eigenvalue weighted by molar-refractivity contribution is 0.171. The van der Waals surface area contributed by atoms with Gasteiger partial charge in [0.15, 0.2) is 0 Å². The van der Waals surface area contributed by atoms with Crippen LogP contribution in [-0.2, 0) is 0 Å². The van der Waals surface area contributed by atoms with E-state index in [1.807, 2.05) is 0 Å². The quantitative estimate of drug-likeness (QED) is 0.794. The molecule has 0 heterocycles. The van der Waals surface area contributed by atoms with Gasteiger partial charge in [0.05, 0.1) is 0 Å². The van der Waals surface area contributed by atoms with Crippen molar-refractivity contribution < 1.29 is 0 Å². The SMILES string of the molecule is CNC(CN(C)CC1CCCCC1)C(C)(C)C. The molecule has 1 aliphatic carbocycles. The maximum absolute atomic E-state index is 3.47. The molecular formula is C15H32N2. The molecule has 0 amide bonds. The summed E-state index contributed by atoms with van der Waals surface area (Å²) in [6.45, 7) is 9.42. The van der Waals surface area contributed by atoms with Crippen molar-refractivity contribution in [3.63, 3.8) is 0 Å². The highest BCUT2D eigenvalue weighted by molar-refractivity contribution is 4.82. The Hall–Kier alpha value is -0.0800. The fourth-order valence-electron chi connectivity index (χ4n) is 2.99. The number of nitrogens with one attached hydrogen (secondary N) is 1. The smallest absolute Gasteiger partial charge is 0.0240 e. The molecule has 102 valence electrons. The Morgan fingerprint density at radius 3 is 2.24 bits per heavy atom. The van der Waals surface area contributed by atoms with Gasteiger partial charge in [0.25, 0.3) is 0 Å². The zero-order chi connectivity index (χ0) is 12.9. The zero-order valence-corrected chi connectivity index (χ0v) is 12.6. The molecule has 0 aromatic carbocycles. The molecule has 1 unspecified atom stereocenters. The van der Waals surface area contributed by atoms with Gasteiger partial charge in [-0.15, -0.1) is 0 Å². The summed E-state index contributed by atoms with van der Waals surface area (Å²) in [6.07, 6.45) is 7.26. The third-order valence-corrected chi connectivity index (χ3v) is 4.18. The van der Waals surface area contributed by atoms with Gasteiger partial charge in [-0.3, -0.25) is 0 Å². The molecule has 0 bridgehead atoms. The largest absolute Gasteiger partial charge is 0.315 e. The van der Waals surface area contributed by atoms with Crippen LogP contribution in [0, 0.1) is 11.3 Å². The van der Waals surface area contributed by atoms with Crippen molar-refractivity contribution in [1.29, 1.82) is 0 Å². The van der Waals surface area contributed by atoms with Gasteiger partial charge in [0, 0.05) is 19.1 Å². The van der Waals surface area contributed by atoms with E-state index in [0.29, 0.717) is 11.5 Å². The van der Waals surface area contributed by atoms with Crippen LogP contribution in [-0.4, -0.2) is 38.1 Å². The molecule has 0 spiro atoms. The van der Waals surface area contributed by atoms with E-state index in [9.17, 15) is 0 Å². The number of hydrogen-bond donors (Lipinski definition) is 1. The molecule has 1 atom stereocenters. The van der Waals surface area contributed by atoms with Crippen molar-refractivity contribution in [3.05, 3.63) is 0 Å². The van der Waals surface area contributed by atoms with Crippen molar-refractivity contribution in [2.75, 3.05) is 27.2 Å². The summed E-state index contributed by atoms with van der Waals surface area (Å²) >= 11 is 0. The second-order valence-corrected chi connectivity index (χ2v) is 6.93. The fraction of sp³-hybridized carbons (Fsp3) is 1.00. The van der Waals surface area contributed by atoms with Crippen LogP contribution in [0.25, 0.3) is 0 Å². The second kappa shape index (κ2) is 6.75. The normalized spacial score (nSPS) is 20.8. The van der Waals surface area contributed by atoms with E-state index in [1.54, 1.807) is 0 Å². The second-order valence-electron chi connectivity index (χ2n) is 6.93. The highest BCUT2D eigenvalue weighted by atomic mass is 15.1. The minimum Gasteiger partial charge on any atom is -0.315 e. The average Bonchev–Trinajstić information content (AvgIpc) is 2.25. The summed E-state index contributed by atoms with van der Waals surface area (Å²) in [5.41, 5.74) is 0.343. The van der Waals surface area contributed by atoms with Crippen molar-refractivity contribution in [2.45, 2.75) is 58.9 Å². The lowest BCUT2D eigenvalue weighted by Crippen LogP contribution is -2.47. The van der Waals surface area contributed by atoms with Gasteiger partial charge in [-0.25, -0.2) is 0 Å². The van der Waals surface area contributed by atoms with E-state index in [1.165, 1.54) is 38.6 Å². The van der Waals surface area contributed by atoms with Crippen molar-refractivity contribution in [2.24, 2.45) is 11.3 Å². The van der Waals surface area contributed by atoms with Crippen molar-refractivity contribution in [1.82, 2.24) is 10.2 Å². The van der Waals surface area contributed by atoms with Gasteiger partial charge in [-0.2, -0.15) is 0 Å². The molecule has 17 heavy (non-hydrogen) atoms. The maximum Gasteiger partial charge on any atom is 0.0240 e. The highest BCUT2D eigenvalue weighted by Gasteiger charge is 2.25. The van der Waals surface area contributed by atoms with Gasteiger partial charge in [0.2, 0.25) is 0 Å². The molecule has 1 saturated carbocycles. The minimum atomic E-state index is 0.343. The third kappa shape index (κ3) is 5.39. The molecule has 1 N–H and O–H groups in total. The Labute approximate surface area is 108 Å². The van der Waals surface area contributed by atoms with E-state index in [-0.39, 0.29) is 0 Å². The minimum absolute atomic E-state index is 0.343. The predicted octanol–water partition coefficient (Wildman–Crippen LogP) is 3.13. The predicted molar refractivity (Wildman–Crippen MR) is 76.4 cm³/mol. The number of hydrogen-bond acceptors (Lipinski definition) is 2. The fourth-order valence-corrected chi connectivity index (χ4v) is 2.99. The summed E-state index contributed by atoms with van der Waals surface area (Å²) in [6, 6.07) is 0.580. The van der Waals surface area contributed by atoms with Crippen LogP contribution < -0.4 is 5.32 Å². The van der Waals surface area contributed by atoms with Crippen LogP contribution in [0.5, 0.6) is 0 Å². The first-order valence-electron chi connectivity index (χ1n) is 7.29. The van der Waals surface area contributed by atoms with E-state index in [2.05, 4.69) is 45.1 Å². The number of likely N-dealkylation sites (N-methyl/N-ethyl adjacent to an activating group) is 2. The molecule has 1 fully saturated rings. The number of nitrogens with zero attached hydrogens (tertiary/aromatic N) is 1. The maximum atomic E-state index is 3.47. The van der Waals surface area contributed by atoms with Crippen LogP contribution in [0.2, 0.25) is 0 Å². The first kappa shape index (κ1) is 15.0. The van der Waals surface area contributed by atoms with Crippen LogP contribution >= 0.6 is 0 Å². The van der Waals surface area contributed by atoms with Crippen molar-refractivity contribution >= 4 is 0 Å². The van der Waals surface area contributed by atoms with Gasteiger partial charge in [-0.1, -0.05) is 40.0 Å². The van der Waals surface area contributed by atoms with E-state index in [4.69, 9.17) is 0 Å². The number of rotatable bonds is 5. The summed E-state index contributed by atoms with van der Waals surface area (Å²) in [5, 5.41) is 3.47. The Morgan fingerprint density at radius 2 is 1.76 bits per heavy atom. The highest BCUT2D eigenvalue weighted by Crippen LogP contribution is 2.25. The first-order valence-corrected chi connectivity index (χ1v) is 7.29. The molecule has 1 aliphatic rings. The van der Waals surface area contributed by atoms with Gasteiger partial charge in [0.1, 0.15) is 0 Å². The van der Waals surface area contributed by atoms with Crippen LogP contribution in [0.3, 0.4) is 0 Å².